The van der Waals surface area contributed by atoms with Gasteiger partial charge in [-0.25, -0.2) is 0 Å². The minimum absolute atomic E-state index is 0.167. The third-order valence-corrected chi connectivity index (χ3v) is 2.19. The smallest absolute Gasteiger partial charge is 0.238 e. The van der Waals surface area contributed by atoms with E-state index in [-0.39, 0.29) is 12.3 Å². The molecular formula is C11H12ClN3O. The van der Waals surface area contributed by atoms with E-state index in [2.05, 4.69) is 5.32 Å². The molecule has 0 aliphatic rings. The number of hydrogen-bond donors (Lipinski definition) is 1. The van der Waals surface area contributed by atoms with Crippen molar-refractivity contribution in [1.29, 1.82) is 5.26 Å². The fourth-order valence-corrected chi connectivity index (χ4v) is 1.44. The first-order valence-electron chi connectivity index (χ1n) is 4.68. The van der Waals surface area contributed by atoms with Crippen molar-refractivity contribution >= 4 is 28.9 Å². The first-order valence-corrected chi connectivity index (χ1v) is 5.06. The Morgan fingerprint density at radius 2 is 2.25 bits per heavy atom. The standard InChI is InChI=1S/C11H12ClN3O/c1-15(2)10-4-3-8(12)7-9(10)14-11(16)5-6-13/h3-4,7H,5H2,1-2H3,(H,14,16). The van der Waals surface area contributed by atoms with Gasteiger partial charge < -0.3 is 10.2 Å². The van der Waals surface area contributed by atoms with Gasteiger partial charge in [0.05, 0.1) is 17.4 Å². The molecule has 0 unspecified atom stereocenters. The van der Waals surface area contributed by atoms with Crippen molar-refractivity contribution in [3.8, 4) is 6.07 Å². The molecule has 0 heterocycles. The topological polar surface area (TPSA) is 56.1 Å². The number of hydrogen-bond acceptors (Lipinski definition) is 3. The van der Waals surface area contributed by atoms with Gasteiger partial charge in [-0.05, 0) is 18.2 Å². The molecule has 0 saturated carbocycles. The van der Waals surface area contributed by atoms with Crippen LogP contribution in [0.5, 0.6) is 0 Å². The normalized spacial score (nSPS) is 9.38. The molecule has 0 aromatic heterocycles. The van der Waals surface area contributed by atoms with Crippen LogP contribution in [0.15, 0.2) is 18.2 Å². The number of rotatable bonds is 3. The Kier molecular flexibility index (Phi) is 4.15. The Hall–Kier alpha value is -1.73. The molecule has 0 radical (unpaired) electrons. The van der Waals surface area contributed by atoms with Crippen molar-refractivity contribution in [3.05, 3.63) is 23.2 Å². The maximum atomic E-state index is 11.3. The number of halogens is 1. The second-order valence-corrected chi connectivity index (χ2v) is 3.88. The van der Waals surface area contributed by atoms with Crippen LogP contribution in [0.4, 0.5) is 11.4 Å². The van der Waals surface area contributed by atoms with E-state index >= 15 is 0 Å². The fourth-order valence-electron chi connectivity index (χ4n) is 1.26. The lowest BCUT2D eigenvalue weighted by Crippen LogP contribution is -2.16. The number of nitrogens with zero attached hydrogens (tertiary/aromatic N) is 2. The van der Waals surface area contributed by atoms with E-state index < -0.39 is 0 Å². The van der Waals surface area contributed by atoms with Gasteiger partial charge in [-0.15, -0.1) is 0 Å². The quantitative estimate of drug-likeness (QED) is 0.877. The molecule has 5 heteroatoms. The summed E-state index contributed by atoms with van der Waals surface area (Å²) in [6.07, 6.45) is -0.167. The summed E-state index contributed by atoms with van der Waals surface area (Å²) in [5.74, 6) is -0.340. The van der Waals surface area contributed by atoms with Gasteiger partial charge in [0.1, 0.15) is 6.42 Å². The van der Waals surface area contributed by atoms with Crippen molar-refractivity contribution in [2.75, 3.05) is 24.3 Å². The number of nitrogens with one attached hydrogen (secondary N) is 1. The van der Waals surface area contributed by atoms with Crippen LogP contribution in [0.2, 0.25) is 5.02 Å². The molecule has 0 saturated heterocycles. The number of benzene rings is 1. The van der Waals surface area contributed by atoms with Gasteiger partial charge in [0, 0.05) is 19.1 Å². The monoisotopic (exact) mass is 237 g/mol. The average molecular weight is 238 g/mol. The second-order valence-electron chi connectivity index (χ2n) is 3.44. The Morgan fingerprint density at radius 1 is 1.56 bits per heavy atom. The van der Waals surface area contributed by atoms with E-state index in [0.29, 0.717) is 10.7 Å². The van der Waals surface area contributed by atoms with Crippen LogP contribution in [-0.4, -0.2) is 20.0 Å². The first-order chi connectivity index (χ1) is 7.54. The van der Waals surface area contributed by atoms with Gasteiger partial charge in [-0.2, -0.15) is 5.26 Å². The highest BCUT2D eigenvalue weighted by Gasteiger charge is 2.08. The van der Waals surface area contributed by atoms with Crippen molar-refractivity contribution in [3.63, 3.8) is 0 Å². The lowest BCUT2D eigenvalue weighted by atomic mass is 10.2. The van der Waals surface area contributed by atoms with E-state index in [0.717, 1.165) is 5.69 Å². The van der Waals surface area contributed by atoms with Gasteiger partial charge >= 0.3 is 0 Å². The number of carbonyl (C=O) groups is 1. The highest BCUT2D eigenvalue weighted by atomic mass is 35.5. The predicted molar refractivity (Wildman–Crippen MR) is 64.6 cm³/mol. The number of anilines is 2. The van der Waals surface area contributed by atoms with Crippen LogP contribution in [0.25, 0.3) is 0 Å². The van der Waals surface area contributed by atoms with Gasteiger partial charge in [-0.1, -0.05) is 11.6 Å². The maximum Gasteiger partial charge on any atom is 0.238 e. The highest BCUT2D eigenvalue weighted by Crippen LogP contribution is 2.27. The largest absolute Gasteiger partial charge is 0.376 e. The van der Waals surface area contributed by atoms with E-state index in [1.807, 2.05) is 25.1 Å². The van der Waals surface area contributed by atoms with E-state index in [4.69, 9.17) is 16.9 Å². The zero-order valence-electron chi connectivity index (χ0n) is 9.12. The zero-order valence-corrected chi connectivity index (χ0v) is 9.88. The van der Waals surface area contributed by atoms with E-state index in [1.54, 1.807) is 18.2 Å². The molecule has 1 N–H and O–H groups in total. The zero-order chi connectivity index (χ0) is 12.1. The van der Waals surface area contributed by atoms with Crippen LogP contribution in [0.3, 0.4) is 0 Å². The summed E-state index contributed by atoms with van der Waals surface area (Å²) in [6.45, 7) is 0. The van der Waals surface area contributed by atoms with Crippen molar-refractivity contribution < 1.29 is 4.79 Å². The third-order valence-electron chi connectivity index (χ3n) is 1.95. The molecule has 0 aliphatic heterocycles. The Morgan fingerprint density at radius 3 is 2.81 bits per heavy atom. The van der Waals surface area contributed by atoms with Crippen molar-refractivity contribution in [2.45, 2.75) is 6.42 Å². The van der Waals surface area contributed by atoms with Gasteiger partial charge in [-0.3, -0.25) is 4.79 Å². The summed E-state index contributed by atoms with van der Waals surface area (Å²) in [6, 6.07) is 7.01. The van der Waals surface area contributed by atoms with E-state index in [9.17, 15) is 4.79 Å². The maximum absolute atomic E-state index is 11.3. The molecule has 0 fully saturated rings. The summed E-state index contributed by atoms with van der Waals surface area (Å²) in [7, 11) is 3.73. The van der Waals surface area contributed by atoms with Crippen molar-refractivity contribution in [2.24, 2.45) is 0 Å². The minimum Gasteiger partial charge on any atom is -0.376 e. The van der Waals surface area contributed by atoms with Gasteiger partial charge in [0.25, 0.3) is 0 Å². The highest BCUT2D eigenvalue weighted by molar-refractivity contribution is 6.31. The number of carbonyl (C=O) groups excluding carboxylic acids is 1. The molecule has 1 aromatic rings. The molecule has 0 spiro atoms. The van der Waals surface area contributed by atoms with Crippen LogP contribution in [0.1, 0.15) is 6.42 Å². The summed E-state index contributed by atoms with van der Waals surface area (Å²) in [4.78, 5) is 13.2. The van der Waals surface area contributed by atoms with Crippen LogP contribution in [0, 0.1) is 11.3 Å². The van der Waals surface area contributed by atoms with Gasteiger partial charge in [0.15, 0.2) is 0 Å². The number of nitriles is 1. The predicted octanol–water partition coefficient (Wildman–Crippen LogP) is 2.26. The summed E-state index contributed by atoms with van der Waals surface area (Å²) in [5, 5.41) is 11.6. The molecule has 16 heavy (non-hydrogen) atoms. The third kappa shape index (κ3) is 3.14. The summed E-state index contributed by atoms with van der Waals surface area (Å²) < 4.78 is 0. The lowest BCUT2D eigenvalue weighted by Gasteiger charge is -2.17. The van der Waals surface area contributed by atoms with Crippen molar-refractivity contribution in [1.82, 2.24) is 0 Å². The molecule has 0 aliphatic carbocycles. The van der Waals surface area contributed by atoms with Gasteiger partial charge in [0.2, 0.25) is 5.91 Å². The molecule has 1 aromatic carbocycles. The Labute approximate surface area is 99.4 Å². The Balaban J connectivity index is 2.97. The first kappa shape index (κ1) is 12.3. The van der Waals surface area contributed by atoms with Crippen LogP contribution >= 0.6 is 11.6 Å². The summed E-state index contributed by atoms with van der Waals surface area (Å²) in [5.41, 5.74) is 1.45. The fraction of sp³-hybridized carbons (Fsp3) is 0.273. The molecule has 1 rings (SSSR count). The molecule has 4 nitrogen and oxygen atoms in total. The SMILES string of the molecule is CN(C)c1ccc(Cl)cc1NC(=O)CC#N. The Bertz CT molecular complexity index is 437. The molecule has 0 bridgehead atoms. The molecule has 1 amide bonds. The molecule has 0 atom stereocenters. The minimum atomic E-state index is -0.340. The average Bonchev–Trinajstić information content (AvgIpc) is 2.17. The molecule has 84 valence electrons. The number of amides is 1. The van der Waals surface area contributed by atoms with E-state index in [1.165, 1.54) is 0 Å². The van der Waals surface area contributed by atoms with Crippen LogP contribution < -0.4 is 10.2 Å². The lowest BCUT2D eigenvalue weighted by molar-refractivity contribution is -0.115. The summed E-state index contributed by atoms with van der Waals surface area (Å²) >= 11 is 5.85. The second kappa shape index (κ2) is 5.38. The van der Waals surface area contributed by atoms with Crippen LogP contribution in [-0.2, 0) is 4.79 Å². The molecular weight excluding hydrogens is 226 g/mol.